The molecule has 0 atom stereocenters. The van der Waals surface area contributed by atoms with Crippen LogP contribution < -0.4 is 16.0 Å². The van der Waals surface area contributed by atoms with Crippen LogP contribution in [0.25, 0.3) is 28.6 Å². The molecule has 218 valence electrons. The van der Waals surface area contributed by atoms with Gasteiger partial charge in [0.15, 0.2) is 22.8 Å². The van der Waals surface area contributed by atoms with Gasteiger partial charge in [-0.2, -0.15) is 0 Å². The summed E-state index contributed by atoms with van der Waals surface area (Å²) >= 11 is 0. The van der Waals surface area contributed by atoms with E-state index < -0.39 is 5.91 Å². The Hall–Kier alpha value is -4.61. The standard InChI is InChI=1S/C31H35N7O4/c1-3-38-25(13-14-33-20-22-9-7-21(8-10-22)11-12-26(39)41-2)34-27-30(37-15-17-42-18-16-37)35-29(36-31(27)38)24-6-4-5-23(19-24)28(32)40/h4-12,19,33H,3,13-18,20H2,1-2H3,(H2,32,40)/b12-11+. The van der Waals surface area contributed by atoms with Crippen LogP contribution in [0.1, 0.15) is 34.2 Å². The molecule has 0 spiro atoms. The van der Waals surface area contributed by atoms with E-state index in [-0.39, 0.29) is 5.97 Å². The lowest BCUT2D eigenvalue weighted by Crippen LogP contribution is -2.37. The summed E-state index contributed by atoms with van der Waals surface area (Å²) in [5.74, 6) is 1.35. The number of aromatic nitrogens is 4. The number of amides is 1. The van der Waals surface area contributed by atoms with E-state index in [4.69, 9.17) is 25.4 Å². The number of hydrogen-bond donors (Lipinski definition) is 2. The van der Waals surface area contributed by atoms with E-state index in [1.807, 2.05) is 30.3 Å². The molecule has 0 aliphatic carbocycles. The molecule has 0 bridgehead atoms. The van der Waals surface area contributed by atoms with Gasteiger partial charge < -0.3 is 30.0 Å². The van der Waals surface area contributed by atoms with Crippen molar-refractivity contribution in [3.05, 3.63) is 77.1 Å². The number of imidazole rings is 1. The molecule has 1 saturated heterocycles. The second-order valence-electron chi connectivity index (χ2n) is 9.88. The van der Waals surface area contributed by atoms with Crippen molar-refractivity contribution in [3.63, 3.8) is 0 Å². The molecule has 1 aliphatic heterocycles. The number of rotatable bonds is 11. The number of benzene rings is 2. The summed E-state index contributed by atoms with van der Waals surface area (Å²) in [5, 5.41) is 3.50. The Morgan fingerprint density at radius 3 is 2.60 bits per heavy atom. The van der Waals surface area contributed by atoms with Crippen LogP contribution >= 0.6 is 0 Å². The zero-order valence-corrected chi connectivity index (χ0v) is 23.9. The molecular weight excluding hydrogens is 534 g/mol. The Labute approximate surface area is 244 Å². The third-order valence-electron chi connectivity index (χ3n) is 7.13. The number of anilines is 1. The highest BCUT2D eigenvalue weighted by Gasteiger charge is 2.23. The molecule has 5 rings (SSSR count). The molecule has 42 heavy (non-hydrogen) atoms. The number of methoxy groups -OCH3 is 1. The van der Waals surface area contributed by atoms with E-state index in [0.717, 1.165) is 46.0 Å². The van der Waals surface area contributed by atoms with Gasteiger partial charge in [0.05, 0.1) is 20.3 Å². The minimum Gasteiger partial charge on any atom is -0.466 e. The first-order valence-electron chi connectivity index (χ1n) is 14.0. The molecule has 1 amide bonds. The van der Waals surface area contributed by atoms with Crippen LogP contribution in [0, 0.1) is 0 Å². The summed E-state index contributed by atoms with van der Waals surface area (Å²) in [4.78, 5) is 40.2. The van der Waals surface area contributed by atoms with Gasteiger partial charge in [0.25, 0.3) is 0 Å². The number of fused-ring (bicyclic) bond motifs is 1. The third-order valence-corrected chi connectivity index (χ3v) is 7.13. The fourth-order valence-electron chi connectivity index (χ4n) is 4.90. The Kier molecular flexibility index (Phi) is 9.20. The largest absolute Gasteiger partial charge is 0.466 e. The molecule has 11 nitrogen and oxygen atoms in total. The van der Waals surface area contributed by atoms with Gasteiger partial charge in [0, 0.05) is 56.3 Å². The van der Waals surface area contributed by atoms with Gasteiger partial charge in [0.1, 0.15) is 5.82 Å². The first kappa shape index (κ1) is 28.9. The molecular formula is C31H35N7O4. The number of primary amides is 1. The fourth-order valence-corrected chi connectivity index (χ4v) is 4.90. The number of aryl methyl sites for hydroxylation is 1. The van der Waals surface area contributed by atoms with E-state index in [0.29, 0.717) is 57.2 Å². The summed E-state index contributed by atoms with van der Waals surface area (Å²) in [6, 6.07) is 15.1. The second-order valence-corrected chi connectivity index (χ2v) is 9.88. The highest BCUT2D eigenvalue weighted by atomic mass is 16.5. The first-order chi connectivity index (χ1) is 20.5. The fraction of sp³-hybridized carbons (Fsp3) is 0.323. The van der Waals surface area contributed by atoms with Gasteiger partial charge in [-0.05, 0) is 36.3 Å². The Morgan fingerprint density at radius 1 is 1.10 bits per heavy atom. The maximum Gasteiger partial charge on any atom is 0.330 e. The summed E-state index contributed by atoms with van der Waals surface area (Å²) in [6.45, 7) is 6.86. The van der Waals surface area contributed by atoms with Gasteiger partial charge in [-0.1, -0.05) is 36.4 Å². The summed E-state index contributed by atoms with van der Waals surface area (Å²) in [5.41, 5.74) is 10.3. The number of hydrogen-bond acceptors (Lipinski definition) is 9. The van der Waals surface area contributed by atoms with Crippen molar-refractivity contribution >= 4 is 34.9 Å². The number of esters is 1. The third kappa shape index (κ3) is 6.64. The lowest BCUT2D eigenvalue weighted by atomic mass is 10.1. The average molecular weight is 570 g/mol. The average Bonchev–Trinajstić information content (AvgIpc) is 3.39. The number of morpholine rings is 1. The Balaban J connectivity index is 1.37. The lowest BCUT2D eigenvalue weighted by molar-refractivity contribution is -0.134. The molecule has 2 aromatic carbocycles. The number of nitrogens with two attached hydrogens (primary N) is 1. The van der Waals surface area contributed by atoms with Gasteiger partial charge in [-0.3, -0.25) is 4.79 Å². The molecule has 1 aliphatic rings. The summed E-state index contributed by atoms with van der Waals surface area (Å²) in [6.07, 6.45) is 3.84. The molecule has 1 fully saturated rings. The van der Waals surface area contributed by atoms with Crippen molar-refractivity contribution in [1.29, 1.82) is 0 Å². The highest BCUT2D eigenvalue weighted by Crippen LogP contribution is 2.29. The zero-order chi connectivity index (χ0) is 29.5. The normalized spacial score (nSPS) is 13.6. The topological polar surface area (TPSA) is 137 Å². The number of carbonyl (C=O) groups excluding carboxylic acids is 2. The van der Waals surface area contributed by atoms with Gasteiger partial charge in [0.2, 0.25) is 5.91 Å². The van der Waals surface area contributed by atoms with Crippen molar-refractivity contribution in [2.24, 2.45) is 5.73 Å². The highest BCUT2D eigenvalue weighted by molar-refractivity contribution is 5.94. The molecule has 11 heteroatoms. The van der Waals surface area contributed by atoms with Crippen LogP contribution in [0.3, 0.4) is 0 Å². The molecule has 2 aromatic heterocycles. The van der Waals surface area contributed by atoms with Crippen LogP contribution in [-0.2, 0) is 33.8 Å². The molecule has 3 N–H and O–H groups in total. The number of nitrogens with one attached hydrogen (secondary N) is 1. The minimum absolute atomic E-state index is 0.379. The van der Waals surface area contributed by atoms with E-state index in [1.165, 1.54) is 13.2 Å². The monoisotopic (exact) mass is 569 g/mol. The van der Waals surface area contributed by atoms with Crippen LogP contribution in [0.15, 0.2) is 54.6 Å². The van der Waals surface area contributed by atoms with Crippen molar-refractivity contribution in [2.45, 2.75) is 26.4 Å². The molecule has 4 aromatic rings. The zero-order valence-electron chi connectivity index (χ0n) is 23.9. The van der Waals surface area contributed by atoms with E-state index in [2.05, 4.69) is 26.4 Å². The lowest BCUT2D eigenvalue weighted by Gasteiger charge is -2.28. The van der Waals surface area contributed by atoms with Gasteiger partial charge >= 0.3 is 5.97 Å². The first-order valence-corrected chi connectivity index (χ1v) is 14.0. The number of nitrogens with zero attached hydrogens (tertiary/aromatic N) is 5. The second kappa shape index (κ2) is 13.4. The Morgan fingerprint density at radius 2 is 1.88 bits per heavy atom. The molecule has 0 radical (unpaired) electrons. The van der Waals surface area contributed by atoms with Crippen molar-refractivity contribution < 1.29 is 19.1 Å². The minimum atomic E-state index is -0.494. The van der Waals surface area contributed by atoms with Crippen LogP contribution in [-0.4, -0.2) is 71.4 Å². The predicted octanol–water partition coefficient (Wildman–Crippen LogP) is 2.97. The van der Waals surface area contributed by atoms with Crippen LogP contribution in [0.4, 0.5) is 5.82 Å². The summed E-state index contributed by atoms with van der Waals surface area (Å²) in [7, 11) is 1.36. The van der Waals surface area contributed by atoms with Crippen molar-refractivity contribution in [1.82, 2.24) is 24.8 Å². The maximum absolute atomic E-state index is 11.8. The number of ether oxygens (including phenoxy) is 2. The molecule has 3 heterocycles. The SMILES string of the molecule is CCn1c(CCNCc2ccc(/C=C/C(=O)OC)cc2)nc2c(N3CCOCC3)nc(-c3cccc(C(N)=O)c3)nc21. The maximum atomic E-state index is 11.8. The van der Waals surface area contributed by atoms with Gasteiger partial charge in [-0.25, -0.2) is 19.7 Å². The van der Waals surface area contributed by atoms with Crippen LogP contribution in [0.2, 0.25) is 0 Å². The molecule has 0 unspecified atom stereocenters. The van der Waals surface area contributed by atoms with Gasteiger partial charge in [-0.15, -0.1) is 0 Å². The number of carbonyl (C=O) groups is 2. The van der Waals surface area contributed by atoms with E-state index in [9.17, 15) is 9.59 Å². The van der Waals surface area contributed by atoms with Crippen LogP contribution in [0.5, 0.6) is 0 Å². The smallest absolute Gasteiger partial charge is 0.330 e. The summed E-state index contributed by atoms with van der Waals surface area (Å²) < 4.78 is 12.4. The van der Waals surface area contributed by atoms with Crippen molar-refractivity contribution in [2.75, 3.05) is 44.9 Å². The van der Waals surface area contributed by atoms with Crippen molar-refractivity contribution in [3.8, 4) is 11.4 Å². The Bertz CT molecular complexity index is 1590. The quantitative estimate of drug-likeness (QED) is 0.159. The van der Waals surface area contributed by atoms with E-state index in [1.54, 1.807) is 24.3 Å². The van der Waals surface area contributed by atoms with E-state index >= 15 is 0 Å². The molecule has 0 saturated carbocycles. The predicted molar refractivity (Wildman–Crippen MR) is 161 cm³/mol.